The fourth-order valence-corrected chi connectivity index (χ4v) is 3.85. The second-order valence-electron chi connectivity index (χ2n) is 8.09. The first-order valence-corrected chi connectivity index (χ1v) is 11.9. The molecule has 1 aromatic rings. The molecule has 1 heterocycles. The second kappa shape index (κ2) is 16.4. The molecular formula is C24H47N2+. The van der Waals surface area contributed by atoms with E-state index in [-0.39, 0.29) is 0 Å². The number of nitrogens with zero attached hydrogens (tertiary/aromatic N) is 2. The molecule has 0 spiro atoms. The lowest BCUT2D eigenvalue weighted by Gasteiger charge is -2.06. The van der Waals surface area contributed by atoms with Crippen molar-refractivity contribution >= 4 is 0 Å². The van der Waals surface area contributed by atoms with E-state index < -0.39 is 0 Å². The Morgan fingerprint density at radius 3 is 1.85 bits per heavy atom. The molecule has 2 heteroatoms. The molecule has 0 saturated heterocycles. The summed E-state index contributed by atoms with van der Waals surface area (Å²) in [4.78, 5) is 0. The number of aryl methyl sites for hydroxylation is 2. The number of unbranched alkanes of at least 4 members (excludes halogenated alkanes) is 12. The van der Waals surface area contributed by atoms with Crippen LogP contribution < -0.4 is 4.57 Å². The van der Waals surface area contributed by atoms with E-state index in [4.69, 9.17) is 0 Å². The molecule has 0 aliphatic heterocycles. The molecule has 26 heavy (non-hydrogen) atoms. The van der Waals surface area contributed by atoms with E-state index in [1.165, 1.54) is 116 Å². The average Bonchev–Trinajstić information content (AvgIpc) is 3.03. The van der Waals surface area contributed by atoms with Gasteiger partial charge in [-0.15, -0.1) is 0 Å². The Hall–Kier alpha value is -0.790. The van der Waals surface area contributed by atoms with E-state index in [0.717, 1.165) is 0 Å². The van der Waals surface area contributed by atoms with E-state index in [0.29, 0.717) is 0 Å². The molecule has 0 unspecified atom stereocenters. The van der Waals surface area contributed by atoms with E-state index in [1.54, 1.807) is 5.82 Å². The summed E-state index contributed by atoms with van der Waals surface area (Å²) in [6, 6.07) is 0. The maximum absolute atomic E-state index is 2.56. The third-order valence-electron chi connectivity index (χ3n) is 5.60. The van der Waals surface area contributed by atoms with Crippen LogP contribution in [0.5, 0.6) is 0 Å². The van der Waals surface area contributed by atoms with Crippen molar-refractivity contribution in [1.82, 2.24) is 4.57 Å². The Morgan fingerprint density at radius 1 is 0.654 bits per heavy atom. The molecule has 0 N–H and O–H groups in total. The first-order valence-electron chi connectivity index (χ1n) is 11.9. The number of rotatable bonds is 18. The van der Waals surface area contributed by atoms with Gasteiger partial charge in [0, 0.05) is 6.42 Å². The van der Waals surface area contributed by atoms with Crippen LogP contribution in [0.2, 0.25) is 0 Å². The lowest BCUT2D eigenvalue weighted by molar-refractivity contribution is -0.704. The highest BCUT2D eigenvalue weighted by atomic mass is 15.1. The van der Waals surface area contributed by atoms with Crippen molar-refractivity contribution in [2.75, 3.05) is 0 Å². The van der Waals surface area contributed by atoms with Crippen LogP contribution in [0.3, 0.4) is 0 Å². The normalized spacial score (nSPS) is 11.3. The monoisotopic (exact) mass is 363 g/mol. The third-order valence-corrected chi connectivity index (χ3v) is 5.60. The summed E-state index contributed by atoms with van der Waals surface area (Å²) in [5.41, 5.74) is 0. The molecule has 0 saturated carbocycles. The van der Waals surface area contributed by atoms with Gasteiger partial charge >= 0.3 is 0 Å². The van der Waals surface area contributed by atoms with Crippen LogP contribution in [0.4, 0.5) is 0 Å². The predicted octanol–water partition coefficient (Wildman–Crippen LogP) is 7.23. The molecule has 0 radical (unpaired) electrons. The predicted molar refractivity (Wildman–Crippen MR) is 115 cm³/mol. The van der Waals surface area contributed by atoms with Gasteiger partial charge in [0.1, 0.15) is 12.4 Å². The van der Waals surface area contributed by atoms with Gasteiger partial charge in [0.2, 0.25) is 0 Å². The van der Waals surface area contributed by atoms with Crippen LogP contribution in [-0.4, -0.2) is 4.57 Å². The Labute approximate surface area is 164 Å². The van der Waals surface area contributed by atoms with Crippen molar-refractivity contribution in [2.45, 2.75) is 137 Å². The number of hydrogen-bond donors (Lipinski definition) is 0. The molecule has 0 atom stereocenters. The molecule has 0 amide bonds. The van der Waals surface area contributed by atoms with Gasteiger partial charge in [-0.3, -0.25) is 0 Å². The maximum atomic E-state index is 2.56. The van der Waals surface area contributed by atoms with Gasteiger partial charge in [0.05, 0.1) is 13.1 Å². The smallest absolute Gasteiger partial charge is 0.234 e. The first-order chi connectivity index (χ1) is 12.8. The summed E-state index contributed by atoms with van der Waals surface area (Å²) in [5, 5.41) is 0. The zero-order chi connectivity index (χ0) is 18.9. The van der Waals surface area contributed by atoms with Gasteiger partial charge in [-0.25, -0.2) is 9.13 Å². The van der Waals surface area contributed by atoms with Gasteiger partial charge in [-0.1, -0.05) is 85.0 Å². The summed E-state index contributed by atoms with van der Waals surface area (Å²) in [5.74, 6) is 1.58. The quantitative estimate of drug-likeness (QED) is 0.192. The summed E-state index contributed by atoms with van der Waals surface area (Å²) in [6.07, 6.45) is 26.6. The fourth-order valence-electron chi connectivity index (χ4n) is 3.85. The molecule has 1 rings (SSSR count). The molecular weight excluding hydrogens is 316 g/mol. The minimum atomic E-state index is 1.21. The summed E-state index contributed by atoms with van der Waals surface area (Å²) in [7, 11) is 0. The lowest BCUT2D eigenvalue weighted by Crippen LogP contribution is -2.37. The summed E-state index contributed by atoms with van der Waals surface area (Å²) >= 11 is 0. The number of imidazole rings is 1. The number of aromatic nitrogens is 2. The van der Waals surface area contributed by atoms with E-state index >= 15 is 0 Å². The lowest BCUT2D eigenvalue weighted by atomic mass is 10.1. The van der Waals surface area contributed by atoms with Gasteiger partial charge in [0.25, 0.3) is 5.82 Å². The van der Waals surface area contributed by atoms with Gasteiger partial charge in [0.15, 0.2) is 0 Å². The SMILES string of the molecule is CCCCCCCCCCn1cc[n+](CCCCC)c1CCCCCC. The highest BCUT2D eigenvalue weighted by Gasteiger charge is 2.16. The molecule has 0 aliphatic carbocycles. The molecule has 0 aromatic carbocycles. The topological polar surface area (TPSA) is 8.81 Å². The highest BCUT2D eigenvalue weighted by Crippen LogP contribution is 2.11. The van der Waals surface area contributed by atoms with Crippen LogP contribution in [0.25, 0.3) is 0 Å². The highest BCUT2D eigenvalue weighted by molar-refractivity contribution is 4.84. The van der Waals surface area contributed by atoms with Crippen molar-refractivity contribution in [3.63, 3.8) is 0 Å². The largest absolute Gasteiger partial charge is 0.256 e. The average molecular weight is 364 g/mol. The Bertz CT molecular complexity index is 422. The minimum absolute atomic E-state index is 1.21. The maximum Gasteiger partial charge on any atom is 0.256 e. The van der Waals surface area contributed by atoms with Crippen molar-refractivity contribution < 1.29 is 4.57 Å². The molecule has 2 nitrogen and oxygen atoms in total. The zero-order valence-corrected chi connectivity index (χ0v) is 18.3. The van der Waals surface area contributed by atoms with Crippen LogP contribution in [-0.2, 0) is 19.5 Å². The number of hydrogen-bond acceptors (Lipinski definition) is 0. The summed E-state index contributed by atoms with van der Waals surface area (Å²) in [6.45, 7) is 9.32. The van der Waals surface area contributed by atoms with Crippen LogP contribution in [0, 0.1) is 0 Å². The van der Waals surface area contributed by atoms with E-state index in [2.05, 4.69) is 42.3 Å². The van der Waals surface area contributed by atoms with Crippen LogP contribution in [0.1, 0.15) is 123 Å². The van der Waals surface area contributed by atoms with Crippen molar-refractivity contribution in [3.8, 4) is 0 Å². The van der Waals surface area contributed by atoms with Gasteiger partial charge < -0.3 is 0 Å². The standard InChI is InChI=1S/C24H47N2/c1-4-7-10-12-13-14-15-18-21-26-23-22-25(20-17-9-6-3)24(26)19-16-11-8-5-2/h22-23H,4-21H2,1-3H3/q+1. The van der Waals surface area contributed by atoms with Crippen molar-refractivity contribution in [3.05, 3.63) is 18.2 Å². The van der Waals surface area contributed by atoms with Crippen LogP contribution in [0.15, 0.2) is 12.4 Å². The summed E-state index contributed by atoms with van der Waals surface area (Å²) < 4.78 is 5.11. The second-order valence-corrected chi connectivity index (χ2v) is 8.09. The molecule has 0 fully saturated rings. The molecule has 1 aromatic heterocycles. The minimum Gasteiger partial charge on any atom is -0.234 e. The Kier molecular flexibility index (Phi) is 14.7. The third kappa shape index (κ3) is 10.4. The van der Waals surface area contributed by atoms with Gasteiger partial charge in [-0.2, -0.15) is 0 Å². The van der Waals surface area contributed by atoms with Crippen molar-refractivity contribution in [2.24, 2.45) is 0 Å². The molecule has 0 aliphatic rings. The Morgan fingerprint density at radius 2 is 1.19 bits per heavy atom. The van der Waals surface area contributed by atoms with Crippen LogP contribution >= 0.6 is 0 Å². The zero-order valence-electron chi connectivity index (χ0n) is 18.3. The fraction of sp³-hybridized carbons (Fsp3) is 0.875. The Balaban J connectivity index is 2.38. The van der Waals surface area contributed by atoms with E-state index in [1.807, 2.05) is 0 Å². The van der Waals surface area contributed by atoms with Gasteiger partial charge in [-0.05, 0) is 32.1 Å². The molecule has 152 valence electrons. The first kappa shape index (κ1) is 23.2. The van der Waals surface area contributed by atoms with Crippen molar-refractivity contribution in [1.29, 1.82) is 0 Å². The van der Waals surface area contributed by atoms with E-state index in [9.17, 15) is 0 Å². The molecule has 0 bridgehead atoms.